The molecule has 0 radical (unpaired) electrons. The number of hydrogen-bond donors (Lipinski definition) is 0. The molecule has 0 aliphatic rings. The summed E-state index contributed by atoms with van der Waals surface area (Å²) in [5.74, 6) is 0. The Kier molecular flexibility index (Phi) is 4.55. The number of rotatable bonds is 4. The number of anilines is 1. The van der Waals surface area contributed by atoms with Crippen LogP contribution in [0.2, 0.25) is 0 Å². The molecule has 0 aromatic heterocycles. The van der Waals surface area contributed by atoms with Gasteiger partial charge in [0.05, 0.1) is 24.1 Å². The lowest BCUT2D eigenvalue weighted by Gasteiger charge is -2.29. The van der Waals surface area contributed by atoms with Gasteiger partial charge in [-0.05, 0) is 44.5 Å². The first-order valence-electron chi connectivity index (χ1n) is 5.74. The number of benzene rings is 1. The highest BCUT2D eigenvalue weighted by atomic mass is 15.1. The molecular formula is C14H17N3. The molecule has 0 saturated heterocycles. The van der Waals surface area contributed by atoms with Gasteiger partial charge in [-0.2, -0.15) is 10.5 Å². The number of hydrogen-bond acceptors (Lipinski definition) is 3. The van der Waals surface area contributed by atoms with E-state index in [0.29, 0.717) is 18.0 Å². The molecule has 88 valence electrons. The van der Waals surface area contributed by atoms with Gasteiger partial charge in [0.1, 0.15) is 0 Å². The van der Waals surface area contributed by atoms with Gasteiger partial charge in [-0.25, -0.2) is 0 Å². The van der Waals surface area contributed by atoms with Crippen LogP contribution in [-0.2, 0) is 0 Å². The predicted molar refractivity (Wildman–Crippen MR) is 68.6 cm³/mol. The van der Waals surface area contributed by atoms with Gasteiger partial charge in [0.2, 0.25) is 0 Å². The van der Waals surface area contributed by atoms with Crippen LogP contribution in [0.5, 0.6) is 0 Å². The third-order valence-corrected chi connectivity index (χ3v) is 2.72. The molecule has 0 heterocycles. The molecule has 0 bridgehead atoms. The molecule has 0 spiro atoms. The molecule has 0 aliphatic heterocycles. The Labute approximate surface area is 103 Å². The van der Waals surface area contributed by atoms with E-state index in [9.17, 15) is 0 Å². The van der Waals surface area contributed by atoms with Gasteiger partial charge in [0, 0.05) is 18.3 Å². The Bertz CT molecular complexity index is 463. The van der Waals surface area contributed by atoms with Gasteiger partial charge in [0.15, 0.2) is 0 Å². The van der Waals surface area contributed by atoms with Crippen molar-refractivity contribution in [1.82, 2.24) is 0 Å². The third kappa shape index (κ3) is 3.23. The zero-order chi connectivity index (χ0) is 12.8. The van der Waals surface area contributed by atoms with Crippen molar-refractivity contribution in [2.24, 2.45) is 0 Å². The van der Waals surface area contributed by atoms with Crippen LogP contribution in [0.1, 0.15) is 31.4 Å². The highest BCUT2D eigenvalue weighted by molar-refractivity contribution is 5.56. The summed E-state index contributed by atoms with van der Waals surface area (Å²) in [4.78, 5) is 2.19. The summed E-state index contributed by atoms with van der Waals surface area (Å²) >= 11 is 0. The third-order valence-electron chi connectivity index (χ3n) is 2.72. The van der Waals surface area contributed by atoms with Crippen molar-refractivity contribution in [2.45, 2.75) is 33.2 Å². The first-order valence-corrected chi connectivity index (χ1v) is 5.74. The van der Waals surface area contributed by atoms with Crippen molar-refractivity contribution < 1.29 is 0 Å². The van der Waals surface area contributed by atoms with Crippen LogP contribution >= 0.6 is 0 Å². The summed E-state index contributed by atoms with van der Waals surface area (Å²) in [6.45, 7) is 6.93. The van der Waals surface area contributed by atoms with E-state index in [1.807, 2.05) is 25.1 Å². The average Bonchev–Trinajstić information content (AvgIpc) is 2.30. The molecule has 3 nitrogen and oxygen atoms in total. The zero-order valence-corrected chi connectivity index (χ0v) is 10.6. The fourth-order valence-electron chi connectivity index (χ4n) is 1.87. The minimum atomic E-state index is 0.343. The minimum absolute atomic E-state index is 0.343. The fraction of sp³-hybridized carbons (Fsp3) is 0.429. The van der Waals surface area contributed by atoms with Crippen molar-refractivity contribution in [3.05, 3.63) is 29.3 Å². The zero-order valence-electron chi connectivity index (χ0n) is 10.6. The van der Waals surface area contributed by atoms with Gasteiger partial charge in [-0.3, -0.25) is 0 Å². The number of aryl methyl sites for hydroxylation is 1. The van der Waals surface area contributed by atoms with Gasteiger partial charge >= 0.3 is 0 Å². The maximum Gasteiger partial charge on any atom is 0.0991 e. The fourth-order valence-corrected chi connectivity index (χ4v) is 1.87. The molecule has 3 heteroatoms. The van der Waals surface area contributed by atoms with Gasteiger partial charge in [-0.1, -0.05) is 0 Å². The second-order valence-corrected chi connectivity index (χ2v) is 4.31. The predicted octanol–water partition coefficient (Wildman–Crippen LogP) is 3.00. The van der Waals surface area contributed by atoms with Gasteiger partial charge in [0.25, 0.3) is 0 Å². The molecule has 17 heavy (non-hydrogen) atoms. The standard InChI is InChI=1S/C14H17N3/c1-11(2)17(8-4-7-15)14-6-5-13(10-16)9-12(14)3/h5-6,9,11H,4,8H2,1-3H3. The van der Waals surface area contributed by atoms with Crippen LogP contribution in [0.25, 0.3) is 0 Å². The Morgan fingerprint density at radius 3 is 2.47 bits per heavy atom. The van der Waals surface area contributed by atoms with E-state index in [2.05, 4.69) is 30.9 Å². The molecule has 0 fully saturated rings. The highest BCUT2D eigenvalue weighted by Crippen LogP contribution is 2.23. The van der Waals surface area contributed by atoms with Crippen molar-refractivity contribution in [1.29, 1.82) is 10.5 Å². The summed E-state index contributed by atoms with van der Waals surface area (Å²) < 4.78 is 0. The van der Waals surface area contributed by atoms with Crippen LogP contribution in [0, 0.1) is 29.6 Å². The lowest BCUT2D eigenvalue weighted by atomic mass is 10.1. The first-order chi connectivity index (χ1) is 8.10. The number of nitrogens with zero attached hydrogens (tertiary/aromatic N) is 3. The smallest absolute Gasteiger partial charge is 0.0991 e. The van der Waals surface area contributed by atoms with Crippen molar-refractivity contribution in [2.75, 3.05) is 11.4 Å². The highest BCUT2D eigenvalue weighted by Gasteiger charge is 2.12. The lowest BCUT2D eigenvalue weighted by Crippen LogP contribution is -2.32. The molecule has 0 N–H and O–H groups in total. The first kappa shape index (κ1) is 13.1. The van der Waals surface area contributed by atoms with E-state index >= 15 is 0 Å². The normalized spacial score (nSPS) is 9.76. The Morgan fingerprint density at radius 2 is 2.00 bits per heavy atom. The maximum absolute atomic E-state index is 8.84. The van der Waals surface area contributed by atoms with Crippen LogP contribution in [0.15, 0.2) is 18.2 Å². The van der Waals surface area contributed by atoms with E-state index in [1.165, 1.54) is 0 Å². The molecule has 0 unspecified atom stereocenters. The van der Waals surface area contributed by atoms with E-state index in [1.54, 1.807) is 0 Å². The minimum Gasteiger partial charge on any atom is -0.368 e. The van der Waals surface area contributed by atoms with E-state index < -0.39 is 0 Å². The van der Waals surface area contributed by atoms with Gasteiger partial charge < -0.3 is 4.90 Å². The molecule has 0 aliphatic carbocycles. The SMILES string of the molecule is Cc1cc(C#N)ccc1N(CCC#N)C(C)C. The molecular weight excluding hydrogens is 210 g/mol. The van der Waals surface area contributed by atoms with Crippen LogP contribution < -0.4 is 4.90 Å². The van der Waals surface area contributed by atoms with Gasteiger partial charge in [-0.15, -0.1) is 0 Å². The molecule has 1 aromatic rings. The molecule has 0 atom stereocenters. The quantitative estimate of drug-likeness (QED) is 0.794. The summed E-state index contributed by atoms with van der Waals surface area (Å²) in [6.07, 6.45) is 0.512. The van der Waals surface area contributed by atoms with E-state index in [0.717, 1.165) is 17.8 Å². The lowest BCUT2D eigenvalue weighted by molar-refractivity contribution is 0.684. The second-order valence-electron chi connectivity index (χ2n) is 4.31. The summed E-state index contributed by atoms with van der Waals surface area (Å²) in [5, 5.41) is 17.5. The molecule has 0 amide bonds. The average molecular weight is 227 g/mol. The monoisotopic (exact) mass is 227 g/mol. The van der Waals surface area contributed by atoms with Crippen LogP contribution in [0.3, 0.4) is 0 Å². The maximum atomic E-state index is 8.84. The van der Waals surface area contributed by atoms with Crippen molar-refractivity contribution in [3.63, 3.8) is 0 Å². The Morgan fingerprint density at radius 1 is 1.29 bits per heavy atom. The molecule has 1 rings (SSSR count). The van der Waals surface area contributed by atoms with Crippen LogP contribution in [-0.4, -0.2) is 12.6 Å². The van der Waals surface area contributed by atoms with Crippen LogP contribution in [0.4, 0.5) is 5.69 Å². The molecule has 1 aromatic carbocycles. The number of nitriles is 2. The topological polar surface area (TPSA) is 50.8 Å². The van der Waals surface area contributed by atoms with Crippen molar-refractivity contribution in [3.8, 4) is 12.1 Å². The summed E-state index contributed by atoms with van der Waals surface area (Å²) in [5.41, 5.74) is 2.86. The second kappa shape index (κ2) is 5.92. The summed E-state index contributed by atoms with van der Waals surface area (Å²) in [7, 11) is 0. The Balaban J connectivity index is 3.03. The van der Waals surface area contributed by atoms with Crippen molar-refractivity contribution >= 4 is 5.69 Å². The van der Waals surface area contributed by atoms with E-state index in [-0.39, 0.29) is 0 Å². The summed E-state index contributed by atoms with van der Waals surface area (Å²) in [6, 6.07) is 10.3. The largest absolute Gasteiger partial charge is 0.368 e. The van der Waals surface area contributed by atoms with E-state index in [4.69, 9.17) is 10.5 Å². The Hall–Kier alpha value is -2.00. The molecule has 0 saturated carbocycles.